The van der Waals surface area contributed by atoms with Crippen LogP contribution in [-0.4, -0.2) is 5.78 Å². The van der Waals surface area contributed by atoms with Gasteiger partial charge in [0.25, 0.3) is 0 Å². The lowest BCUT2D eigenvalue weighted by Crippen LogP contribution is -2.51. The van der Waals surface area contributed by atoms with Crippen molar-refractivity contribution in [3.8, 4) is 0 Å². The Balaban J connectivity index is 1.73. The molecule has 4 rings (SSSR count). The summed E-state index contributed by atoms with van der Waals surface area (Å²) in [6, 6.07) is 0. The molecule has 4 aliphatic carbocycles. The van der Waals surface area contributed by atoms with Crippen molar-refractivity contribution < 1.29 is 4.79 Å². The van der Waals surface area contributed by atoms with E-state index >= 15 is 0 Å². The Bertz CT molecular complexity index is 589. The maximum Gasteiger partial charge on any atom is 0.155 e. The van der Waals surface area contributed by atoms with Crippen LogP contribution in [0.15, 0.2) is 21.3 Å². The van der Waals surface area contributed by atoms with Crippen LogP contribution in [0.3, 0.4) is 0 Å². The van der Waals surface area contributed by atoms with Gasteiger partial charge >= 0.3 is 0 Å². The lowest BCUT2D eigenvalue weighted by Gasteiger charge is -2.59. The summed E-state index contributed by atoms with van der Waals surface area (Å²) in [5.74, 6) is 3.47. The summed E-state index contributed by atoms with van der Waals surface area (Å²) in [5.41, 5.74) is 2.24. The molecule has 1 unspecified atom stereocenters. The zero-order valence-corrected chi connectivity index (χ0v) is 16.2. The van der Waals surface area contributed by atoms with E-state index < -0.39 is 0 Å². The molecule has 2 fully saturated rings. The van der Waals surface area contributed by atoms with Crippen molar-refractivity contribution in [2.45, 2.75) is 59.3 Å². The maximum absolute atomic E-state index is 12.0. The second-order valence-electron chi connectivity index (χ2n) is 8.74. The van der Waals surface area contributed by atoms with Crippen molar-refractivity contribution in [3.05, 3.63) is 21.3 Å². The largest absolute Gasteiger partial charge is 0.295 e. The molecule has 0 N–H and O–H groups in total. The fraction of sp³-hybridized carbons (Fsp3) is 0.750. The van der Waals surface area contributed by atoms with E-state index in [1.807, 2.05) is 6.08 Å². The van der Waals surface area contributed by atoms with Crippen molar-refractivity contribution in [1.82, 2.24) is 0 Å². The van der Waals surface area contributed by atoms with Crippen molar-refractivity contribution >= 4 is 28.4 Å². The molecule has 0 aliphatic heterocycles. The van der Waals surface area contributed by atoms with E-state index in [0.29, 0.717) is 22.5 Å². The second kappa shape index (κ2) is 4.94. The molecule has 0 radical (unpaired) electrons. The SMILES string of the molecule is CC1C[C@@H]2[C@H](CC[C@]3(C)C(I)=CC[C@@H]23)[C@@]2(C)CCC(=O)C=C12. The van der Waals surface area contributed by atoms with Crippen molar-refractivity contribution in [3.63, 3.8) is 0 Å². The van der Waals surface area contributed by atoms with E-state index in [4.69, 9.17) is 0 Å². The number of hydrogen-bond donors (Lipinski definition) is 0. The molecule has 0 saturated heterocycles. The number of allylic oxidation sites excluding steroid dienone is 4. The fourth-order valence-electron chi connectivity index (χ4n) is 6.50. The van der Waals surface area contributed by atoms with Crippen molar-refractivity contribution in [1.29, 1.82) is 0 Å². The van der Waals surface area contributed by atoms with Crippen LogP contribution in [0.1, 0.15) is 59.3 Å². The third-order valence-corrected chi connectivity index (χ3v) is 9.44. The molecule has 120 valence electrons. The van der Waals surface area contributed by atoms with Crippen LogP contribution in [0.4, 0.5) is 0 Å². The topological polar surface area (TPSA) is 17.1 Å². The number of fused-ring (bicyclic) bond motifs is 5. The highest BCUT2D eigenvalue weighted by atomic mass is 127. The highest BCUT2D eigenvalue weighted by molar-refractivity contribution is 14.1. The highest BCUT2D eigenvalue weighted by Crippen LogP contribution is 2.66. The first-order chi connectivity index (χ1) is 10.4. The summed E-state index contributed by atoms with van der Waals surface area (Å²) < 4.78 is 1.62. The minimum atomic E-state index is 0.297. The van der Waals surface area contributed by atoms with Gasteiger partial charge in [-0.05, 0) is 93.4 Å². The second-order valence-corrected chi connectivity index (χ2v) is 9.90. The third kappa shape index (κ3) is 1.91. The molecular formula is C20H27IO. The van der Waals surface area contributed by atoms with E-state index in [1.54, 1.807) is 3.58 Å². The molecule has 2 heteroatoms. The van der Waals surface area contributed by atoms with Crippen LogP contribution in [-0.2, 0) is 4.79 Å². The number of hydrogen-bond acceptors (Lipinski definition) is 1. The van der Waals surface area contributed by atoms with Gasteiger partial charge in [-0.15, -0.1) is 0 Å². The zero-order valence-electron chi connectivity index (χ0n) is 14.0. The lowest BCUT2D eigenvalue weighted by molar-refractivity contribution is -0.117. The quantitative estimate of drug-likeness (QED) is 0.469. The molecular weight excluding hydrogens is 383 g/mol. The van der Waals surface area contributed by atoms with Gasteiger partial charge in [-0.2, -0.15) is 0 Å². The van der Waals surface area contributed by atoms with Gasteiger partial charge in [0.15, 0.2) is 5.78 Å². The van der Waals surface area contributed by atoms with E-state index in [-0.39, 0.29) is 0 Å². The fourth-order valence-corrected chi connectivity index (χ4v) is 7.42. The average molecular weight is 410 g/mol. The normalized spacial score (nSPS) is 50.6. The summed E-state index contributed by atoms with van der Waals surface area (Å²) in [7, 11) is 0. The summed E-state index contributed by atoms with van der Waals surface area (Å²) in [4.78, 5) is 12.0. The molecule has 1 nitrogen and oxygen atoms in total. The van der Waals surface area contributed by atoms with Gasteiger partial charge < -0.3 is 0 Å². The predicted octanol–water partition coefficient (Wildman–Crippen LogP) is 5.69. The van der Waals surface area contributed by atoms with Crippen LogP contribution in [0.25, 0.3) is 0 Å². The van der Waals surface area contributed by atoms with Gasteiger partial charge in [-0.1, -0.05) is 32.4 Å². The lowest BCUT2D eigenvalue weighted by atomic mass is 9.46. The summed E-state index contributed by atoms with van der Waals surface area (Å²) in [5, 5.41) is 0. The number of rotatable bonds is 0. The van der Waals surface area contributed by atoms with Gasteiger partial charge in [0, 0.05) is 11.8 Å². The van der Waals surface area contributed by atoms with Crippen molar-refractivity contribution in [2.75, 3.05) is 0 Å². The third-order valence-electron chi connectivity index (χ3n) is 7.77. The van der Waals surface area contributed by atoms with Crippen LogP contribution in [0.5, 0.6) is 0 Å². The first-order valence-electron chi connectivity index (χ1n) is 8.97. The van der Waals surface area contributed by atoms with Gasteiger partial charge in [0.05, 0.1) is 0 Å². The molecule has 0 aromatic carbocycles. The molecule has 4 aliphatic rings. The smallest absolute Gasteiger partial charge is 0.155 e. The number of halogens is 1. The van der Waals surface area contributed by atoms with Gasteiger partial charge in [0.2, 0.25) is 0 Å². The van der Waals surface area contributed by atoms with Crippen molar-refractivity contribution in [2.24, 2.45) is 34.5 Å². The molecule has 0 amide bonds. The molecule has 2 saturated carbocycles. The summed E-state index contributed by atoms with van der Waals surface area (Å²) in [6.07, 6.45) is 11.7. The monoisotopic (exact) mass is 410 g/mol. The Labute approximate surface area is 148 Å². The molecule has 6 atom stereocenters. The molecule has 0 bridgehead atoms. The average Bonchev–Trinajstić information content (AvgIpc) is 2.77. The zero-order chi connectivity index (χ0) is 15.7. The van der Waals surface area contributed by atoms with Crippen LogP contribution in [0, 0.1) is 34.5 Å². The van der Waals surface area contributed by atoms with E-state index in [9.17, 15) is 4.79 Å². The van der Waals surface area contributed by atoms with Gasteiger partial charge in [-0.3, -0.25) is 4.79 Å². The Morgan fingerprint density at radius 3 is 2.73 bits per heavy atom. The van der Waals surface area contributed by atoms with Crippen LogP contribution < -0.4 is 0 Å². The molecule has 0 heterocycles. The first-order valence-corrected chi connectivity index (χ1v) is 10.0. The van der Waals surface area contributed by atoms with Gasteiger partial charge in [0.1, 0.15) is 0 Å². The van der Waals surface area contributed by atoms with Crippen LogP contribution >= 0.6 is 22.6 Å². The highest BCUT2D eigenvalue weighted by Gasteiger charge is 2.58. The van der Waals surface area contributed by atoms with Crippen LogP contribution in [0.2, 0.25) is 0 Å². The molecule has 0 aromatic heterocycles. The minimum Gasteiger partial charge on any atom is -0.295 e. The minimum absolute atomic E-state index is 0.297. The van der Waals surface area contributed by atoms with Gasteiger partial charge in [-0.25, -0.2) is 0 Å². The molecule has 0 aromatic rings. The maximum atomic E-state index is 12.0. The Kier molecular flexibility index (Phi) is 3.46. The number of carbonyl (C=O) groups is 1. The summed E-state index contributed by atoms with van der Waals surface area (Å²) >= 11 is 2.60. The Morgan fingerprint density at radius 1 is 1.18 bits per heavy atom. The number of ketones is 1. The number of carbonyl (C=O) groups excluding carboxylic acids is 1. The summed E-state index contributed by atoms with van der Waals surface area (Å²) in [6.45, 7) is 7.37. The predicted molar refractivity (Wildman–Crippen MR) is 98.7 cm³/mol. The van der Waals surface area contributed by atoms with E-state index in [0.717, 1.165) is 30.6 Å². The Hall–Kier alpha value is -0.120. The first kappa shape index (κ1) is 15.4. The molecule has 0 spiro atoms. The van der Waals surface area contributed by atoms with E-state index in [1.165, 1.54) is 31.3 Å². The molecule has 22 heavy (non-hydrogen) atoms. The van der Waals surface area contributed by atoms with E-state index in [2.05, 4.69) is 49.4 Å². The standard InChI is InChI=1S/C20H27IO/c1-12-10-14-15-4-5-18(21)20(15,3)9-7-16(14)19(2)8-6-13(22)11-17(12)19/h5,11-12,14-16H,4,6-10H2,1-3H3/t12?,14-,15-,16-,19+,20-/m0/s1. The Morgan fingerprint density at radius 2 is 1.95 bits per heavy atom.